The zero-order valence-corrected chi connectivity index (χ0v) is 19.3. The summed E-state index contributed by atoms with van der Waals surface area (Å²) in [5.41, 5.74) is -0.540. The van der Waals surface area contributed by atoms with E-state index in [0.29, 0.717) is 0 Å². The highest BCUT2D eigenvalue weighted by atomic mass is 32.2. The van der Waals surface area contributed by atoms with E-state index in [1.165, 1.54) is 22.5 Å². The van der Waals surface area contributed by atoms with E-state index in [0.717, 1.165) is 23.8 Å². The molecular weight excluding hydrogens is 484 g/mol. The Morgan fingerprint density at radius 2 is 1.80 bits per heavy atom. The lowest BCUT2D eigenvalue weighted by Crippen LogP contribution is -2.53. The number of morpholine rings is 1. The van der Waals surface area contributed by atoms with Crippen LogP contribution < -0.4 is 5.32 Å². The molecule has 0 aliphatic carbocycles. The van der Waals surface area contributed by atoms with E-state index in [4.69, 9.17) is 9.47 Å². The molecule has 0 aromatic heterocycles. The van der Waals surface area contributed by atoms with Gasteiger partial charge in [-0.1, -0.05) is 23.8 Å². The summed E-state index contributed by atoms with van der Waals surface area (Å²) in [5, 5.41) is 24.2. The number of nitro benzene ring substituents is 2. The smallest absolute Gasteiger partial charge is 0.411 e. The molecule has 0 unspecified atom stereocenters. The topological polar surface area (TPSA) is 171 Å². The number of hydrogen-bond donors (Lipinski definition) is 1. The predicted molar refractivity (Wildman–Crippen MR) is 124 cm³/mol. The van der Waals surface area contributed by atoms with Crippen LogP contribution in [-0.4, -0.2) is 60.6 Å². The van der Waals surface area contributed by atoms with Crippen molar-refractivity contribution in [3.63, 3.8) is 0 Å². The lowest BCUT2D eigenvalue weighted by atomic mass is 10.2. The van der Waals surface area contributed by atoms with Crippen molar-refractivity contribution < 1.29 is 32.5 Å². The number of carbonyl (C=O) groups is 1. The van der Waals surface area contributed by atoms with Crippen molar-refractivity contribution >= 4 is 33.2 Å². The minimum absolute atomic E-state index is 0.0492. The second-order valence-electron chi connectivity index (χ2n) is 7.62. The largest absolute Gasteiger partial charge is 0.448 e. The number of rotatable bonds is 8. The highest BCUT2D eigenvalue weighted by molar-refractivity contribution is 7.89. The molecule has 1 amide bonds. The average molecular weight is 506 g/mol. The molecule has 1 N–H and O–H groups in total. The van der Waals surface area contributed by atoms with Crippen molar-refractivity contribution in [1.82, 2.24) is 4.31 Å². The van der Waals surface area contributed by atoms with Gasteiger partial charge < -0.3 is 9.47 Å². The number of ether oxygens (including phenoxy) is 2. The third-order valence-electron chi connectivity index (χ3n) is 5.14. The highest BCUT2D eigenvalue weighted by Gasteiger charge is 2.37. The van der Waals surface area contributed by atoms with Crippen LogP contribution in [0.1, 0.15) is 5.56 Å². The second-order valence-corrected chi connectivity index (χ2v) is 9.52. The maximum atomic E-state index is 13.3. The van der Waals surface area contributed by atoms with Crippen LogP contribution >= 0.6 is 0 Å². The van der Waals surface area contributed by atoms with Gasteiger partial charge in [0.15, 0.2) is 0 Å². The number of sulfonamides is 1. The van der Waals surface area contributed by atoms with Gasteiger partial charge in [0.25, 0.3) is 11.4 Å². The van der Waals surface area contributed by atoms with E-state index >= 15 is 0 Å². The normalized spacial score (nSPS) is 18.4. The lowest BCUT2D eigenvalue weighted by Gasteiger charge is -2.37. The summed E-state index contributed by atoms with van der Waals surface area (Å²) in [6, 6.07) is 8.01. The van der Waals surface area contributed by atoms with Gasteiger partial charge in [0.2, 0.25) is 10.0 Å². The van der Waals surface area contributed by atoms with Gasteiger partial charge in [-0.05, 0) is 19.1 Å². The van der Waals surface area contributed by atoms with E-state index in [-0.39, 0.29) is 23.7 Å². The minimum Gasteiger partial charge on any atom is -0.448 e. The number of anilines is 1. The Kier molecular flexibility index (Phi) is 7.78. The molecule has 1 saturated heterocycles. The molecule has 0 radical (unpaired) electrons. The molecule has 0 spiro atoms. The number of nitro groups is 2. The number of hydrogen-bond acceptors (Lipinski definition) is 9. The number of nitrogens with one attached hydrogen (secondary N) is 1. The third-order valence-corrected chi connectivity index (χ3v) is 7.07. The molecule has 2 atom stereocenters. The first kappa shape index (κ1) is 25.7. The lowest BCUT2D eigenvalue weighted by molar-refractivity contribution is -0.394. The summed E-state index contributed by atoms with van der Waals surface area (Å²) < 4.78 is 38.4. The molecule has 1 aliphatic rings. The van der Waals surface area contributed by atoms with Crippen molar-refractivity contribution in [1.29, 1.82) is 0 Å². The summed E-state index contributed by atoms with van der Waals surface area (Å²) >= 11 is 0. The third kappa shape index (κ3) is 6.17. The van der Waals surface area contributed by atoms with Crippen molar-refractivity contribution in [3.05, 3.63) is 80.9 Å². The summed E-state index contributed by atoms with van der Waals surface area (Å²) in [6.07, 6.45) is -0.180. The summed E-state index contributed by atoms with van der Waals surface area (Å²) in [4.78, 5) is 32.7. The summed E-state index contributed by atoms with van der Waals surface area (Å²) in [6.45, 7) is 4.92. The van der Waals surface area contributed by atoms with Gasteiger partial charge in [-0.2, -0.15) is 4.31 Å². The van der Waals surface area contributed by atoms with E-state index in [2.05, 4.69) is 11.9 Å². The zero-order valence-electron chi connectivity index (χ0n) is 18.5. The number of amides is 1. The molecule has 186 valence electrons. The first-order valence-electron chi connectivity index (χ1n) is 10.2. The van der Waals surface area contributed by atoms with Crippen LogP contribution in [0.3, 0.4) is 0 Å². The Labute approximate surface area is 200 Å². The predicted octanol–water partition coefficient (Wildman–Crippen LogP) is 3.00. The molecule has 35 heavy (non-hydrogen) atoms. The molecule has 2 aromatic carbocycles. The molecule has 1 aliphatic heterocycles. The van der Waals surface area contributed by atoms with E-state index in [1.54, 1.807) is 12.1 Å². The number of aryl methyl sites for hydroxylation is 1. The molecular formula is C21H22N4O9S. The molecule has 1 fully saturated rings. The standard InChI is InChI=1S/C21H22N4O9S/c1-3-19-11-23(35(31,32)20-6-4-14(2)5-7-20)18(12-33-19)13-34-21(26)22-15-8-16(24(27)28)10-17(9-15)25(29)30/h3-10,18-19H,1,11-13H2,2H3,(H,22,26)/t18-,19+/m0/s1. The summed E-state index contributed by atoms with van der Waals surface area (Å²) in [5.74, 6) is 0. The first-order chi connectivity index (χ1) is 16.5. The SMILES string of the molecule is C=C[C@@H]1CN(S(=O)(=O)c2ccc(C)cc2)[C@H](COC(=O)Nc2cc([N+](=O)[O-])cc([N+](=O)[O-])c2)CO1. The molecule has 0 saturated carbocycles. The van der Waals surface area contributed by atoms with Crippen molar-refractivity contribution in [2.75, 3.05) is 25.1 Å². The number of nitrogens with zero attached hydrogens (tertiary/aromatic N) is 3. The molecule has 2 aromatic rings. The van der Waals surface area contributed by atoms with E-state index in [9.17, 15) is 33.4 Å². The second kappa shape index (κ2) is 10.6. The average Bonchev–Trinajstić information content (AvgIpc) is 2.82. The molecule has 13 nitrogen and oxygen atoms in total. The maximum absolute atomic E-state index is 13.3. The van der Waals surface area contributed by atoms with Gasteiger partial charge in [0.05, 0.1) is 45.2 Å². The van der Waals surface area contributed by atoms with Crippen LogP contribution in [0.4, 0.5) is 21.9 Å². The van der Waals surface area contributed by atoms with Crippen LogP contribution in [0.2, 0.25) is 0 Å². The van der Waals surface area contributed by atoms with Crippen molar-refractivity contribution in [2.24, 2.45) is 0 Å². The molecule has 3 rings (SSSR count). The number of non-ortho nitro benzene ring substituents is 2. The van der Waals surface area contributed by atoms with Gasteiger partial charge >= 0.3 is 6.09 Å². The van der Waals surface area contributed by atoms with Gasteiger partial charge in [0, 0.05) is 18.7 Å². The van der Waals surface area contributed by atoms with Gasteiger partial charge in [-0.3, -0.25) is 25.5 Å². The quantitative estimate of drug-likeness (QED) is 0.321. The van der Waals surface area contributed by atoms with Crippen LogP contribution in [0, 0.1) is 27.2 Å². The van der Waals surface area contributed by atoms with Gasteiger partial charge in [0.1, 0.15) is 6.61 Å². The Bertz CT molecular complexity index is 1220. The van der Waals surface area contributed by atoms with E-state index in [1.807, 2.05) is 6.92 Å². The van der Waals surface area contributed by atoms with Crippen LogP contribution in [0.25, 0.3) is 0 Å². The fourth-order valence-corrected chi connectivity index (χ4v) is 4.92. The Balaban J connectivity index is 1.75. The Morgan fingerprint density at radius 1 is 1.20 bits per heavy atom. The maximum Gasteiger partial charge on any atom is 0.411 e. The van der Waals surface area contributed by atoms with Crippen LogP contribution in [0.15, 0.2) is 60.0 Å². The van der Waals surface area contributed by atoms with Crippen molar-refractivity contribution in [3.8, 4) is 0 Å². The fourth-order valence-electron chi connectivity index (χ4n) is 3.31. The van der Waals surface area contributed by atoms with Gasteiger partial charge in [-0.25, -0.2) is 13.2 Å². The van der Waals surface area contributed by atoms with Gasteiger partial charge in [-0.15, -0.1) is 6.58 Å². The Morgan fingerprint density at radius 3 is 2.34 bits per heavy atom. The molecule has 1 heterocycles. The highest BCUT2D eigenvalue weighted by Crippen LogP contribution is 2.27. The fraction of sp³-hybridized carbons (Fsp3) is 0.286. The number of carbonyl (C=O) groups excluding carboxylic acids is 1. The molecule has 14 heteroatoms. The first-order valence-corrected chi connectivity index (χ1v) is 11.7. The van der Waals surface area contributed by atoms with Crippen molar-refractivity contribution in [2.45, 2.75) is 24.0 Å². The Hall–Kier alpha value is -3.88. The van der Waals surface area contributed by atoms with Crippen LogP contribution in [0.5, 0.6) is 0 Å². The number of benzene rings is 2. The minimum atomic E-state index is -3.96. The van der Waals surface area contributed by atoms with Crippen LogP contribution in [-0.2, 0) is 19.5 Å². The monoisotopic (exact) mass is 506 g/mol. The molecule has 0 bridgehead atoms. The summed E-state index contributed by atoms with van der Waals surface area (Å²) in [7, 11) is -3.96. The zero-order chi connectivity index (χ0) is 25.8. The van der Waals surface area contributed by atoms with E-state index < -0.39 is 56.1 Å².